The first kappa shape index (κ1) is 14.3. The fraction of sp³-hybridized carbons (Fsp3) is 0.308. The summed E-state index contributed by atoms with van der Waals surface area (Å²) in [6, 6.07) is 3.98. The monoisotopic (exact) mass is 293 g/mol. The molecule has 7 heteroatoms. The Morgan fingerprint density at radius 2 is 2.15 bits per heavy atom. The molecule has 1 heterocycles. The summed E-state index contributed by atoms with van der Waals surface area (Å²) in [5, 5.41) is 24.4. The van der Waals surface area contributed by atoms with E-state index >= 15 is 0 Å². The minimum atomic E-state index is -0.514. The number of anilines is 1. The van der Waals surface area contributed by atoms with E-state index in [9.17, 15) is 15.2 Å². The molecule has 1 aromatic heterocycles. The van der Waals surface area contributed by atoms with Crippen LogP contribution in [-0.4, -0.2) is 15.0 Å². The summed E-state index contributed by atoms with van der Waals surface area (Å²) in [5.41, 5.74) is 1.16. The average molecular weight is 293 g/mol. The van der Waals surface area contributed by atoms with Crippen molar-refractivity contribution in [3.05, 3.63) is 43.9 Å². The number of nitro benzene ring substituents is 1. The molecule has 6 nitrogen and oxygen atoms in total. The van der Waals surface area contributed by atoms with Gasteiger partial charge in [-0.05, 0) is 32.9 Å². The van der Waals surface area contributed by atoms with Crippen molar-refractivity contribution in [2.45, 2.75) is 26.8 Å². The van der Waals surface area contributed by atoms with Crippen molar-refractivity contribution in [2.24, 2.45) is 0 Å². The quantitative estimate of drug-likeness (QED) is 0.511. The third-order valence-electron chi connectivity index (χ3n) is 2.88. The van der Waals surface area contributed by atoms with Crippen molar-refractivity contribution < 1.29 is 10.0 Å². The Morgan fingerprint density at radius 3 is 2.70 bits per heavy atom. The van der Waals surface area contributed by atoms with Gasteiger partial charge in [0.1, 0.15) is 11.4 Å². The van der Waals surface area contributed by atoms with E-state index in [1.54, 1.807) is 11.3 Å². The molecule has 0 saturated carbocycles. The fourth-order valence-electron chi connectivity index (χ4n) is 2.04. The van der Waals surface area contributed by atoms with Crippen LogP contribution in [0.5, 0.6) is 5.75 Å². The molecule has 1 atom stereocenters. The molecule has 0 fully saturated rings. The SMILES string of the molecule is Cc1nc(C)c(C(C)Nc2ccc(O)cc2[N+](=O)[O-])s1. The van der Waals surface area contributed by atoms with Gasteiger partial charge in [-0.3, -0.25) is 10.1 Å². The molecule has 106 valence electrons. The number of hydrogen-bond donors (Lipinski definition) is 2. The molecule has 0 aliphatic rings. The minimum absolute atomic E-state index is 0.0931. The number of hydrogen-bond acceptors (Lipinski definition) is 6. The number of nitro groups is 1. The molecule has 1 unspecified atom stereocenters. The van der Waals surface area contributed by atoms with E-state index in [0.717, 1.165) is 21.6 Å². The van der Waals surface area contributed by atoms with Crippen molar-refractivity contribution in [2.75, 3.05) is 5.32 Å². The summed E-state index contributed by atoms with van der Waals surface area (Å²) in [4.78, 5) is 15.9. The highest BCUT2D eigenvalue weighted by atomic mass is 32.1. The Balaban J connectivity index is 2.30. The van der Waals surface area contributed by atoms with Crippen molar-refractivity contribution in [3.63, 3.8) is 0 Å². The summed E-state index contributed by atoms with van der Waals surface area (Å²) < 4.78 is 0. The summed E-state index contributed by atoms with van der Waals surface area (Å²) in [7, 11) is 0. The molecule has 0 radical (unpaired) electrons. The van der Waals surface area contributed by atoms with Gasteiger partial charge in [-0.15, -0.1) is 11.3 Å². The predicted molar refractivity (Wildman–Crippen MR) is 78.4 cm³/mol. The zero-order valence-electron chi connectivity index (χ0n) is 11.4. The number of nitrogens with one attached hydrogen (secondary N) is 1. The molecule has 0 spiro atoms. The average Bonchev–Trinajstić information content (AvgIpc) is 2.70. The number of phenolic OH excluding ortho intramolecular Hbond substituents is 1. The molecular formula is C13H15N3O3S. The first-order valence-corrected chi connectivity index (χ1v) is 6.88. The highest BCUT2D eigenvalue weighted by Gasteiger charge is 2.19. The molecule has 0 aliphatic carbocycles. The number of aryl methyl sites for hydroxylation is 2. The van der Waals surface area contributed by atoms with Crippen molar-refractivity contribution in [3.8, 4) is 5.75 Å². The van der Waals surface area contributed by atoms with Crippen molar-refractivity contribution >= 4 is 22.7 Å². The standard InChI is InChI=1S/C13H15N3O3S/c1-7-13(20-9(3)14-7)8(2)15-11-5-4-10(17)6-12(11)16(18)19/h4-6,8,15,17H,1-3H3. The van der Waals surface area contributed by atoms with Gasteiger partial charge in [0.15, 0.2) is 0 Å². The van der Waals surface area contributed by atoms with Crippen LogP contribution in [0.1, 0.15) is 28.5 Å². The van der Waals surface area contributed by atoms with Crippen LogP contribution in [0.25, 0.3) is 0 Å². The Bertz CT molecular complexity index is 654. The van der Waals surface area contributed by atoms with Crippen LogP contribution in [0.3, 0.4) is 0 Å². The van der Waals surface area contributed by atoms with Crippen LogP contribution in [0, 0.1) is 24.0 Å². The van der Waals surface area contributed by atoms with E-state index in [1.807, 2.05) is 20.8 Å². The van der Waals surface area contributed by atoms with E-state index < -0.39 is 4.92 Å². The number of aromatic nitrogens is 1. The number of benzene rings is 1. The van der Waals surface area contributed by atoms with Gasteiger partial charge in [0.05, 0.1) is 27.7 Å². The maximum absolute atomic E-state index is 11.0. The number of aromatic hydroxyl groups is 1. The Kier molecular flexibility index (Phi) is 3.89. The van der Waals surface area contributed by atoms with Gasteiger partial charge in [0, 0.05) is 4.88 Å². The largest absolute Gasteiger partial charge is 0.508 e. The lowest BCUT2D eigenvalue weighted by Gasteiger charge is -2.14. The van der Waals surface area contributed by atoms with Crippen LogP contribution in [0.4, 0.5) is 11.4 Å². The molecule has 1 aromatic carbocycles. The Hall–Kier alpha value is -2.15. The van der Waals surface area contributed by atoms with Gasteiger partial charge in [-0.25, -0.2) is 4.98 Å². The molecule has 0 amide bonds. The van der Waals surface area contributed by atoms with Gasteiger partial charge < -0.3 is 10.4 Å². The normalized spacial score (nSPS) is 12.2. The molecule has 0 aliphatic heterocycles. The molecule has 2 rings (SSSR count). The van der Waals surface area contributed by atoms with Crippen LogP contribution in [-0.2, 0) is 0 Å². The molecular weight excluding hydrogens is 278 g/mol. The van der Waals surface area contributed by atoms with Crippen LogP contribution in [0.2, 0.25) is 0 Å². The highest BCUT2D eigenvalue weighted by Crippen LogP contribution is 2.33. The second-order valence-electron chi connectivity index (χ2n) is 4.51. The lowest BCUT2D eigenvalue weighted by molar-refractivity contribution is -0.384. The molecule has 2 N–H and O–H groups in total. The summed E-state index contributed by atoms with van der Waals surface area (Å²) in [5.74, 6) is -0.125. The molecule has 20 heavy (non-hydrogen) atoms. The lowest BCUT2D eigenvalue weighted by Crippen LogP contribution is -2.08. The lowest BCUT2D eigenvalue weighted by atomic mass is 10.2. The first-order valence-electron chi connectivity index (χ1n) is 6.06. The second-order valence-corrected chi connectivity index (χ2v) is 5.74. The third-order valence-corrected chi connectivity index (χ3v) is 4.14. The van der Waals surface area contributed by atoms with Crippen molar-refractivity contribution in [1.82, 2.24) is 4.98 Å². The van der Waals surface area contributed by atoms with E-state index in [2.05, 4.69) is 10.3 Å². The number of thiazole rings is 1. The molecule has 0 saturated heterocycles. The van der Waals surface area contributed by atoms with Crippen LogP contribution in [0.15, 0.2) is 18.2 Å². The summed E-state index contributed by atoms with van der Waals surface area (Å²) in [6.07, 6.45) is 0. The topological polar surface area (TPSA) is 88.3 Å². The van der Waals surface area contributed by atoms with Gasteiger partial charge in [-0.1, -0.05) is 0 Å². The Morgan fingerprint density at radius 1 is 1.45 bits per heavy atom. The predicted octanol–water partition coefficient (Wildman–Crippen LogP) is 3.55. The van der Waals surface area contributed by atoms with E-state index in [0.29, 0.717) is 5.69 Å². The van der Waals surface area contributed by atoms with E-state index in [1.165, 1.54) is 12.1 Å². The van der Waals surface area contributed by atoms with Gasteiger partial charge >= 0.3 is 0 Å². The number of phenols is 1. The van der Waals surface area contributed by atoms with Gasteiger partial charge in [0.25, 0.3) is 5.69 Å². The second kappa shape index (κ2) is 5.46. The minimum Gasteiger partial charge on any atom is -0.508 e. The first-order chi connectivity index (χ1) is 9.38. The number of nitrogens with zero attached hydrogens (tertiary/aromatic N) is 2. The molecule has 2 aromatic rings. The van der Waals surface area contributed by atoms with Crippen LogP contribution >= 0.6 is 11.3 Å². The van der Waals surface area contributed by atoms with Gasteiger partial charge in [0.2, 0.25) is 0 Å². The summed E-state index contributed by atoms with van der Waals surface area (Å²) >= 11 is 1.57. The smallest absolute Gasteiger partial charge is 0.296 e. The van der Waals surface area contributed by atoms with E-state index in [4.69, 9.17) is 0 Å². The summed E-state index contributed by atoms with van der Waals surface area (Å²) in [6.45, 7) is 5.77. The fourth-order valence-corrected chi connectivity index (χ4v) is 2.97. The third kappa shape index (κ3) is 2.88. The zero-order valence-corrected chi connectivity index (χ0v) is 12.2. The maximum atomic E-state index is 11.0. The van der Waals surface area contributed by atoms with Crippen molar-refractivity contribution in [1.29, 1.82) is 0 Å². The van der Waals surface area contributed by atoms with E-state index in [-0.39, 0.29) is 17.5 Å². The molecule has 0 bridgehead atoms. The maximum Gasteiger partial charge on any atom is 0.296 e. The number of rotatable bonds is 4. The van der Waals surface area contributed by atoms with Crippen LogP contribution < -0.4 is 5.32 Å². The Labute approximate surface area is 120 Å². The highest BCUT2D eigenvalue weighted by molar-refractivity contribution is 7.11. The van der Waals surface area contributed by atoms with Gasteiger partial charge in [-0.2, -0.15) is 0 Å². The zero-order chi connectivity index (χ0) is 14.9.